The summed E-state index contributed by atoms with van der Waals surface area (Å²) in [4.78, 5) is 26.8. The quantitative estimate of drug-likeness (QED) is 0.668. The molecule has 0 aliphatic carbocycles. The van der Waals surface area contributed by atoms with Crippen molar-refractivity contribution >= 4 is 11.9 Å². The molecule has 1 atom stereocenters. The molecule has 1 amide bonds. The summed E-state index contributed by atoms with van der Waals surface area (Å²) in [6.45, 7) is 5.00. The summed E-state index contributed by atoms with van der Waals surface area (Å²) in [5.41, 5.74) is 5.63. The van der Waals surface area contributed by atoms with Crippen LogP contribution in [0.2, 0.25) is 0 Å². The number of hydrogen-bond acceptors (Lipinski definition) is 5. The minimum Gasteiger partial charge on any atom is -0.468 e. The monoisotopic (exact) mass is 257 g/mol. The van der Waals surface area contributed by atoms with E-state index < -0.39 is 0 Å². The predicted molar refractivity (Wildman–Crippen MR) is 67.9 cm³/mol. The summed E-state index contributed by atoms with van der Waals surface area (Å²) >= 11 is 0. The maximum absolute atomic E-state index is 11.8. The van der Waals surface area contributed by atoms with Crippen LogP contribution in [-0.4, -0.2) is 67.6 Å². The van der Waals surface area contributed by atoms with Crippen molar-refractivity contribution in [3.8, 4) is 0 Å². The van der Waals surface area contributed by atoms with Crippen molar-refractivity contribution in [2.75, 3.05) is 39.8 Å². The van der Waals surface area contributed by atoms with Crippen LogP contribution in [0.15, 0.2) is 0 Å². The second-order valence-electron chi connectivity index (χ2n) is 4.75. The van der Waals surface area contributed by atoms with Gasteiger partial charge in [0.1, 0.15) is 0 Å². The van der Waals surface area contributed by atoms with E-state index in [0.29, 0.717) is 26.1 Å². The first-order valence-corrected chi connectivity index (χ1v) is 6.35. The summed E-state index contributed by atoms with van der Waals surface area (Å²) in [5, 5.41) is 0. The maximum Gasteiger partial charge on any atom is 0.319 e. The van der Waals surface area contributed by atoms with Gasteiger partial charge in [-0.05, 0) is 13.3 Å². The molecule has 1 saturated heterocycles. The minimum atomic E-state index is -0.230. The molecule has 0 aromatic heterocycles. The average Bonchev–Trinajstić information content (AvgIpc) is 2.36. The Bertz CT molecular complexity index is 286. The third-order valence-electron chi connectivity index (χ3n) is 3.12. The molecule has 1 fully saturated rings. The Balaban J connectivity index is 2.26. The van der Waals surface area contributed by atoms with Crippen LogP contribution in [0.4, 0.5) is 0 Å². The van der Waals surface area contributed by atoms with Gasteiger partial charge in [-0.1, -0.05) is 0 Å². The molecule has 1 rings (SSSR count). The first kappa shape index (κ1) is 14.9. The number of esters is 1. The zero-order valence-corrected chi connectivity index (χ0v) is 11.2. The Morgan fingerprint density at radius 3 is 2.39 bits per heavy atom. The molecular weight excluding hydrogens is 234 g/mol. The van der Waals surface area contributed by atoms with E-state index in [9.17, 15) is 9.59 Å². The Morgan fingerprint density at radius 1 is 1.28 bits per heavy atom. The Kier molecular flexibility index (Phi) is 6.07. The van der Waals surface area contributed by atoms with Crippen molar-refractivity contribution < 1.29 is 14.3 Å². The number of hydrogen-bond donors (Lipinski definition) is 1. The number of rotatable bonds is 5. The Hall–Kier alpha value is -1.14. The van der Waals surface area contributed by atoms with Crippen LogP contribution in [0.1, 0.15) is 19.8 Å². The first-order valence-electron chi connectivity index (χ1n) is 6.35. The van der Waals surface area contributed by atoms with Crippen molar-refractivity contribution in [2.24, 2.45) is 5.73 Å². The van der Waals surface area contributed by atoms with Gasteiger partial charge in [-0.15, -0.1) is 0 Å². The standard InChI is InChI=1S/C12H23N3O3/c1-10(13)3-4-11(16)15-7-5-14(6-8-15)9-12(17)18-2/h10H,3-9,13H2,1-2H3. The molecule has 0 aromatic carbocycles. The number of piperazine rings is 1. The van der Waals surface area contributed by atoms with Gasteiger partial charge in [-0.2, -0.15) is 0 Å². The smallest absolute Gasteiger partial charge is 0.319 e. The Labute approximate surface area is 108 Å². The fourth-order valence-corrected chi connectivity index (χ4v) is 1.91. The van der Waals surface area contributed by atoms with Crippen molar-refractivity contribution in [1.82, 2.24) is 9.80 Å². The van der Waals surface area contributed by atoms with Crippen molar-refractivity contribution in [2.45, 2.75) is 25.8 Å². The molecule has 1 aliphatic heterocycles. The highest BCUT2D eigenvalue weighted by Gasteiger charge is 2.22. The van der Waals surface area contributed by atoms with Gasteiger partial charge in [0.15, 0.2) is 0 Å². The van der Waals surface area contributed by atoms with Gasteiger partial charge < -0.3 is 15.4 Å². The largest absolute Gasteiger partial charge is 0.468 e. The molecule has 2 N–H and O–H groups in total. The molecule has 18 heavy (non-hydrogen) atoms. The van der Waals surface area contributed by atoms with Crippen LogP contribution in [0, 0.1) is 0 Å². The van der Waals surface area contributed by atoms with Crippen LogP contribution in [-0.2, 0) is 14.3 Å². The molecule has 0 bridgehead atoms. The van der Waals surface area contributed by atoms with Crippen molar-refractivity contribution in [1.29, 1.82) is 0 Å². The zero-order valence-electron chi connectivity index (χ0n) is 11.2. The van der Waals surface area contributed by atoms with Gasteiger partial charge in [-0.25, -0.2) is 0 Å². The molecular formula is C12H23N3O3. The number of methoxy groups -OCH3 is 1. The molecule has 6 nitrogen and oxygen atoms in total. The lowest BCUT2D eigenvalue weighted by atomic mass is 10.1. The molecule has 0 radical (unpaired) electrons. The molecule has 0 saturated carbocycles. The zero-order chi connectivity index (χ0) is 13.5. The van der Waals surface area contributed by atoms with E-state index in [1.54, 1.807) is 0 Å². The highest BCUT2D eigenvalue weighted by atomic mass is 16.5. The van der Waals surface area contributed by atoms with Gasteiger partial charge in [0.05, 0.1) is 13.7 Å². The van der Waals surface area contributed by atoms with Crippen molar-refractivity contribution in [3.05, 3.63) is 0 Å². The Morgan fingerprint density at radius 2 is 1.89 bits per heavy atom. The molecule has 0 aromatic rings. The van der Waals surface area contributed by atoms with Gasteiger partial charge >= 0.3 is 5.97 Å². The van der Waals surface area contributed by atoms with Gasteiger partial charge in [-0.3, -0.25) is 14.5 Å². The summed E-state index contributed by atoms with van der Waals surface area (Å²) in [7, 11) is 1.39. The van der Waals surface area contributed by atoms with E-state index in [0.717, 1.165) is 19.5 Å². The van der Waals surface area contributed by atoms with Crippen LogP contribution < -0.4 is 5.73 Å². The lowest BCUT2D eigenvalue weighted by Crippen LogP contribution is -2.50. The van der Waals surface area contributed by atoms with Crippen LogP contribution in [0.25, 0.3) is 0 Å². The summed E-state index contributed by atoms with van der Waals surface area (Å²) in [6.07, 6.45) is 1.23. The predicted octanol–water partition coefficient (Wildman–Crippen LogP) is -0.569. The fraction of sp³-hybridized carbons (Fsp3) is 0.833. The highest BCUT2D eigenvalue weighted by molar-refractivity contribution is 5.76. The van der Waals surface area contributed by atoms with E-state index in [1.165, 1.54) is 7.11 Å². The van der Waals surface area contributed by atoms with Gasteiger partial charge in [0, 0.05) is 38.6 Å². The first-order chi connectivity index (χ1) is 8.52. The molecule has 6 heteroatoms. The topological polar surface area (TPSA) is 75.9 Å². The van der Waals surface area contributed by atoms with Crippen LogP contribution in [0.3, 0.4) is 0 Å². The molecule has 1 heterocycles. The lowest BCUT2D eigenvalue weighted by molar-refractivity contribution is -0.142. The SMILES string of the molecule is COC(=O)CN1CCN(C(=O)CCC(C)N)CC1. The fourth-order valence-electron chi connectivity index (χ4n) is 1.91. The number of amides is 1. The normalized spacial score (nSPS) is 18.5. The minimum absolute atomic E-state index is 0.0644. The third kappa shape index (κ3) is 5.01. The average molecular weight is 257 g/mol. The molecule has 104 valence electrons. The summed E-state index contributed by atoms with van der Waals surface area (Å²) < 4.78 is 4.62. The lowest BCUT2D eigenvalue weighted by Gasteiger charge is -2.34. The third-order valence-corrected chi connectivity index (χ3v) is 3.12. The van der Waals surface area contributed by atoms with Crippen molar-refractivity contribution in [3.63, 3.8) is 0 Å². The summed E-state index contributed by atoms with van der Waals surface area (Å²) in [6, 6.07) is 0.0644. The number of nitrogens with two attached hydrogens (primary N) is 1. The maximum atomic E-state index is 11.8. The van der Waals surface area contributed by atoms with E-state index >= 15 is 0 Å². The highest BCUT2D eigenvalue weighted by Crippen LogP contribution is 2.06. The number of carbonyl (C=O) groups is 2. The second-order valence-corrected chi connectivity index (χ2v) is 4.75. The second kappa shape index (κ2) is 7.33. The van der Waals surface area contributed by atoms with Crippen LogP contribution >= 0.6 is 0 Å². The van der Waals surface area contributed by atoms with E-state index in [1.807, 2.05) is 16.7 Å². The van der Waals surface area contributed by atoms with E-state index in [2.05, 4.69) is 4.74 Å². The molecule has 1 unspecified atom stereocenters. The van der Waals surface area contributed by atoms with Gasteiger partial charge in [0.25, 0.3) is 0 Å². The number of ether oxygens (including phenoxy) is 1. The van der Waals surface area contributed by atoms with E-state index in [4.69, 9.17) is 5.73 Å². The molecule has 0 spiro atoms. The van der Waals surface area contributed by atoms with Crippen LogP contribution in [0.5, 0.6) is 0 Å². The van der Waals surface area contributed by atoms with Gasteiger partial charge in [0.2, 0.25) is 5.91 Å². The molecule has 1 aliphatic rings. The number of carbonyl (C=O) groups excluding carboxylic acids is 2. The van der Waals surface area contributed by atoms with E-state index in [-0.39, 0.29) is 17.9 Å². The number of nitrogens with zero attached hydrogens (tertiary/aromatic N) is 2. The summed E-state index contributed by atoms with van der Waals surface area (Å²) in [5.74, 6) is -0.0725.